The summed E-state index contributed by atoms with van der Waals surface area (Å²) in [7, 11) is 0. The monoisotopic (exact) mass is 460 g/mol. The van der Waals surface area contributed by atoms with Crippen molar-refractivity contribution < 1.29 is 19.1 Å². The van der Waals surface area contributed by atoms with E-state index in [0.29, 0.717) is 18.4 Å². The molecule has 178 valence electrons. The number of rotatable bonds is 6. The van der Waals surface area contributed by atoms with Gasteiger partial charge in [0.1, 0.15) is 0 Å². The molecule has 4 atom stereocenters. The molecule has 4 saturated carbocycles. The number of ether oxygens (including phenoxy) is 1. The highest BCUT2D eigenvalue weighted by Gasteiger charge is 2.61. The first-order valence-electron chi connectivity index (χ1n) is 12.2. The lowest BCUT2D eigenvalue weighted by molar-refractivity contribution is -0.175. The maximum absolute atomic E-state index is 13.3. The van der Waals surface area contributed by atoms with Gasteiger partial charge >= 0.3 is 12.0 Å². The Balaban J connectivity index is 1.19. The predicted octanol–water partition coefficient (Wildman–Crippen LogP) is 4.40. The Hall–Kier alpha value is -3.15. The highest BCUT2D eigenvalue weighted by atomic mass is 16.5. The molecule has 6 nitrogen and oxygen atoms in total. The molecule has 2 unspecified atom stereocenters. The molecule has 34 heavy (non-hydrogen) atoms. The van der Waals surface area contributed by atoms with Crippen molar-refractivity contribution in [3.63, 3.8) is 0 Å². The van der Waals surface area contributed by atoms with Crippen LogP contribution in [0.25, 0.3) is 0 Å². The standard InChI is InChI=1S/C28H32N2O4/c1-19-7-9-23(10-8-19)27-12-21-11-22(13-27)15-28(14-21,18-27)25(32)34-17-24(31)30-26(33)29-16-20-5-3-2-4-6-20/h2-10,21-22H,11-18H2,1H3,(H2,29,30,31,33)/t21-,22+,27?,28?. The Morgan fingerprint density at radius 1 is 0.941 bits per heavy atom. The summed E-state index contributed by atoms with van der Waals surface area (Å²) in [4.78, 5) is 37.6. The van der Waals surface area contributed by atoms with E-state index in [1.807, 2.05) is 30.3 Å². The number of carbonyl (C=O) groups excluding carboxylic acids is 3. The van der Waals surface area contributed by atoms with E-state index in [-0.39, 0.29) is 11.4 Å². The molecule has 4 aliphatic rings. The highest BCUT2D eigenvalue weighted by molar-refractivity contribution is 5.95. The van der Waals surface area contributed by atoms with Gasteiger partial charge in [0.25, 0.3) is 5.91 Å². The van der Waals surface area contributed by atoms with Gasteiger partial charge in [-0.2, -0.15) is 0 Å². The molecule has 4 aliphatic carbocycles. The molecule has 2 aromatic carbocycles. The van der Waals surface area contributed by atoms with Crippen LogP contribution >= 0.6 is 0 Å². The van der Waals surface area contributed by atoms with Gasteiger partial charge in [-0.3, -0.25) is 14.9 Å². The SMILES string of the molecule is Cc1ccc(C23C[C@@H]4C[C@@H](CC(C(=O)OCC(=O)NC(=O)NCc5ccccc5)(C4)C2)C3)cc1. The van der Waals surface area contributed by atoms with Crippen molar-refractivity contribution in [3.8, 4) is 0 Å². The molecule has 0 aromatic heterocycles. The summed E-state index contributed by atoms with van der Waals surface area (Å²) in [5, 5.41) is 4.89. The fourth-order valence-corrected chi connectivity index (χ4v) is 7.02. The Kier molecular flexibility index (Phi) is 5.92. The van der Waals surface area contributed by atoms with Crippen LogP contribution in [0.5, 0.6) is 0 Å². The minimum absolute atomic E-state index is 0.0242. The molecule has 2 aromatic rings. The molecule has 0 aliphatic heterocycles. The number of urea groups is 1. The molecular weight excluding hydrogens is 428 g/mol. The molecular formula is C28H32N2O4. The van der Waals surface area contributed by atoms with Gasteiger partial charge in [0.05, 0.1) is 5.41 Å². The van der Waals surface area contributed by atoms with Gasteiger partial charge in [-0.1, -0.05) is 60.2 Å². The van der Waals surface area contributed by atoms with Gasteiger partial charge in [0.2, 0.25) is 0 Å². The van der Waals surface area contributed by atoms with Gasteiger partial charge in [-0.05, 0) is 73.8 Å². The molecule has 0 radical (unpaired) electrons. The van der Waals surface area contributed by atoms with Crippen LogP contribution in [0, 0.1) is 24.2 Å². The second-order valence-electron chi connectivity index (χ2n) is 10.7. The van der Waals surface area contributed by atoms with Crippen LogP contribution in [0.3, 0.4) is 0 Å². The summed E-state index contributed by atoms with van der Waals surface area (Å²) in [5.74, 6) is 0.148. The average molecular weight is 461 g/mol. The fraction of sp³-hybridized carbons (Fsp3) is 0.464. The number of esters is 1. The quantitative estimate of drug-likeness (QED) is 0.626. The van der Waals surface area contributed by atoms with Crippen LogP contribution in [0.4, 0.5) is 4.79 Å². The number of aryl methyl sites for hydroxylation is 1. The van der Waals surface area contributed by atoms with Gasteiger partial charge in [0.15, 0.2) is 6.61 Å². The van der Waals surface area contributed by atoms with E-state index in [9.17, 15) is 14.4 Å². The van der Waals surface area contributed by atoms with Crippen LogP contribution in [0.2, 0.25) is 0 Å². The lowest BCUT2D eigenvalue weighted by Gasteiger charge is -2.61. The molecule has 0 heterocycles. The van der Waals surface area contributed by atoms with Crippen LogP contribution in [0.1, 0.15) is 55.2 Å². The average Bonchev–Trinajstić information content (AvgIpc) is 2.81. The maximum atomic E-state index is 13.3. The van der Waals surface area contributed by atoms with E-state index >= 15 is 0 Å². The first-order valence-corrected chi connectivity index (χ1v) is 12.2. The number of hydrogen-bond donors (Lipinski definition) is 2. The second-order valence-corrected chi connectivity index (χ2v) is 10.7. The molecule has 2 N–H and O–H groups in total. The molecule has 3 amide bonds. The van der Waals surface area contributed by atoms with Crippen molar-refractivity contribution in [2.45, 2.75) is 57.4 Å². The molecule has 0 spiro atoms. The van der Waals surface area contributed by atoms with E-state index in [4.69, 9.17) is 4.74 Å². The normalized spacial score (nSPS) is 28.9. The second kappa shape index (κ2) is 8.90. The lowest BCUT2D eigenvalue weighted by atomic mass is 9.43. The summed E-state index contributed by atoms with van der Waals surface area (Å²) >= 11 is 0. The number of nitrogens with one attached hydrogen (secondary N) is 2. The molecule has 4 fully saturated rings. The summed E-state index contributed by atoms with van der Waals surface area (Å²) in [6, 6.07) is 17.6. The number of hydrogen-bond acceptors (Lipinski definition) is 4. The number of carbonyl (C=O) groups is 3. The van der Waals surface area contributed by atoms with Crippen molar-refractivity contribution in [3.05, 3.63) is 71.3 Å². The third-order valence-corrected chi connectivity index (χ3v) is 8.04. The van der Waals surface area contributed by atoms with E-state index in [1.165, 1.54) is 17.5 Å². The van der Waals surface area contributed by atoms with Crippen LogP contribution in [0.15, 0.2) is 54.6 Å². The summed E-state index contributed by atoms with van der Waals surface area (Å²) in [6.45, 7) is 1.97. The molecule has 0 saturated heterocycles. The fourth-order valence-electron chi connectivity index (χ4n) is 7.02. The third kappa shape index (κ3) is 4.46. The van der Waals surface area contributed by atoms with Gasteiger partial charge in [-0.25, -0.2) is 4.79 Å². The first-order chi connectivity index (χ1) is 16.4. The van der Waals surface area contributed by atoms with E-state index in [2.05, 4.69) is 41.8 Å². The maximum Gasteiger partial charge on any atom is 0.321 e. The summed E-state index contributed by atoms with van der Waals surface area (Å²) < 4.78 is 5.52. The van der Waals surface area contributed by atoms with Gasteiger partial charge in [-0.15, -0.1) is 0 Å². The highest BCUT2D eigenvalue weighted by Crippen LogP contribution is 2.66. The third-order valence-electron chi connectivity index (χ3n) is 8.04. The van der Waals surface area contributed by atoms with E-state index in [1.54, 1.807) is 0 Å². The number of imide groups is 1. The van der Waals surface area contributed by atoms with Crippen molar-refractivity contribution in [1.82, 2.24) is 10.6 Å². The Labute approximate surface area is 200 Å². The summed E-state index contributed by atoms with van der Waals surface area (Å²) in [5.41, 5.74) is 3.00. The zero-order valence-electron chi connectivity index (χ0n) is 19.6. The smallest absolute Gasteiger partial charge is 0.321 e. The van der Waals surface area contributed by atoms with Crippen LogP contribution < -0.4 is 10.6 Å². The number of benzene rings is 2. The van der Waals surface area contributed by atoms with E-state index < -0.39 is 24.0 Å². The molecule has 4 bridgehead atoms. The molecule has 6 heteroatoms. The first kappa shape index (κ1) is 22.6. The van der Waals surface area contributed by atoms with Gasteiger partial charge in [0, 0.05) is 6.54 Å². The zero-order chi connectivity index (χ0) is 23.8. The zero-order valence-corrected chi connectivity index (χ0v) is 19.6. The van der Waals surface area contributed by atoms with Crippen molar-refractivity contribution in [1.29, 1.82) is 0 Å². The minimum Gasteiger partial charge on any atom is -0.455 e. The lowest BCUT2D eigenvalue weighted by Crippen LogP contribution is -2.57. The van der Waals surface area contributed by atoms with Crippen molar-refractivity contribution >= 4 is 17.9 Å². The Morgan fingerprint density at radius 3 is 2.29 bits per heavy atom. The van der Waals surface area contributed by atoms with Gasteiger partial charge < -0.3 is 10.1 Å². The topological polar surface area (TPSA) is 84.5 Å². The minimum atomic E-state index is -0.614. The summed E-state index contributed by atoms with van der Waals surface area (Å²) in [6.07, 6.45) is 5.91. The van der Waals surface area contributed by atoms with Crippen LogP contribution in [-0.4, -0.2) is 24.5 Å². The Bertz CT molecular complexity index is 1070. The van der Waals surface area contributed by atoms with Crippen molar-refractivity contribution in [2.24, 2.45) is 17.3 Å². The predicted molar refractivity (Wildman–Crippen MR) is 128 cm³/mol. The van der Waals surface area contributed by atoms with Crippen LogP contribution in [-0.2, 0) is 26.3 Å². The van der Waals surface area contributed by atoms with Crippen molar-refractivity contribution in [2.75, 3.05) is 6.61 Å². The largest absolute Gasteiger partial charge is 0.455 e. The molecule has 6 rings (SSSR count). The number of amides is 3. The van der Waals surface area contributed by atoms with E-state index in [0.717, 1.165) is 37.7 Å². The Morgan fingerprint density at radius 2 is 1.62 bits per heavy atom.